The van der Waals surface area contributed by atoms with Crippen LogP contribution in [0.5, 0.6) is 0 Å². The molecular weight excluding hydrogens is 270 g/mol. The van der Waals surface area contributed by atoms with Crippen molar-refractivity contribution in [2.75, 3.05) is 7.05 Å². The second kappa shape index (κ2) is 5.31. The fourth-order valence-corrected chi connectivity index (χ4v) is 2.49. The Hall–Kier alpha value is -1.77. The van der Waals surface area contributed by atoms with Crippen LogP contribution >= 0.6 is 11.6 Å². The van der Waals surface area contributed by atoms with Gasteiger partial charge in [0.1, 0.15) is 5.76 Å². The highest BCUT2D eigenvalue weighted by atomic mass is 35.5. The summed E-state index contributed by atoms with van der Waals surface area (Å²) in [7, 11) is 1.96. The average Bonchev–Trinajstić information content (AvgIpc) is 2.92. The Labute approximate surface area is 123 Å². The van der Waals surface area contributed by atoms with Gasteiger partial charge in [-0.3, -0.25) is 0 Å². The average molecular weight is 286 g/mol. The normalized spacial score (nSPS) is 12.8. The lowest BCUT2D eigenvalue weighted by molar-refractivity contribution is 0.631. The van der Waals surface area contributed by atoms with E-state index in [0.717, 1.165) is 22.3 Å². The summed E-state index contributed by atoms with van der Waals surface area (Å²) in [5.41, 5.74) is 3.06. The third kappa shape index (κ3) is 2.33. The van der Waals surface area contributed by atoms with Crippen molar-refractivity contribution in [3.63, 3.8) is 0 Å². The van der Waals surface area contributed by atoms with Gasteiger partial charge in [0.05, 0.1) is 5.02 Å². The molecule has 0 saturated carbocycles. The van der Waals surface area contributed by atoms with Gasteiger partial charge in [0.2, 0.25) is 0 Å². The Kier molecular flexibility index (Phi) is 3.51. The molecule has 0 amide bonds. The van der Waals surface area contributed by atoms with Crippen molar-refractivity contribution in [3.05, 3.63) is 59.1 Å². The van der Waals surface area contributed by atoms with Crippen LogP contribution in [0.25, 0.3) is 22.3 Å². The van der Waals surface area contributed by atoms with Crippen molar-refractivity contribution in [1.82, 2.24) is 5.32 Å². The highest BCUT2D eigenvalue weighted by molar-refractivity contribution is 6.34. The minimum atomic E-state index is 0.342. The van der Waals surface area contributed by atoms with Crippen LogP contribution in [0, 0.1) is 0 Å². The van der Waals surface area contributed by atoms with E-state index in [1.807, 2.05) is 31.3 Å². The standard InChI is InChI=1S/C17H16ClNO/c1-11(19-2)12-6-8-13(9-7-12)16-10-14-4-3-5-15(18)17(14)20-16/h3-11,19H,1-2H3. The maximum absolute atomic E-state index is 6.14. The van der Waals surface area contributed by atoms with Crippen LogP contribution in [0.2, 0.25) is 5.02 Å². The molecule has 3 rings (SSSR count). The zero-order chi connectivity index (χ0) is 14.1. The molecule has 0 fully saturated rings. The zero-order valence-electron chi connectivity index (χ0n) is 11.5. The first-order valence-electron chi connectivity index (χ1n) is 6.64. The molecule has 0 radical (unpaired) electrons. The van der Waals surface area contributed by atoms with Gasteiger partial charge in [-0.05, 0) is 31.7 Å². The highest BCUT2D eigenvalue weighted by Crippen LogP contribution is 2.32. The van der Waals surface area contributed by atoms with Gasteiger partial charge < -0.3 is 9.73 Å². The number of hydrogen-bond acceptors (Lipinski definition) is 2. The van der Waals surface area contributed by atoms with E-state index in [0.29, 0.717) is 11.1 Å². The molecule has 1 unspecified atom stereocenters. The van der Waals surface area contributed by atoms with E-state index >= 15 is 0 Å². The predicted molar refractivity (Wildman–Crippen MR) is 84.1 cm³/mol. The number of para-hydroxylation sites is 1. The number of hydrogen-bond donors (Lipinski definition) is 1. The number of furan rings is 1. The molecule has 1 heterocycles. The molecule has 0 aliphatic rings. The number of nitrogens with one attached hydrogen (secondary N) is 1. The predicted octanol–water partition coefficient (Wildman–Crippen LogP) is 5.03. The Bertz CT molecular complexity index is 730. The van der Waals surface area contributed by atoms with E-state index in [4.69, 9.17) is 16.0 Å². The summed E-state index contributed by atoms with van der Waals surface area (Å²) in [6, 6.07) is 16.5. The van der Waals surface area contributed by atoms with E-state index in [2.05, 4.69) is 36.5 Å². The van der Waals surface area contributed by atoms with Gasteiger partial charge in [-0.2, -0.15) is 0 Å². The first kappa shape index (κ1) is 13.2. The molecule has 0 aliphatic carbocycles. The summed E-state index contributed by atoms with van der Waals surface area (Å²) < 4.78 is 5.86. The van der Waals surface area contributed by atoms with Gasteiger partial charge in [-0.25, -0.2) is 0 Å². The fraction of sp³-hybridized carbons (Fsp3) is 0.176. The Balaban J connectivity index is 2.00. The Morgan fingerprint density at radius 3 is 2.50 bits per heavy atom. The maximum Gasteiger partial charge on any atom is 0.153 e. The molecule has 0 aliphatic heterocycles. The molecule has 2 aromatic carbocycles. The lowest BCUT2D eigenvalue weighted by atomic mass is 10.1. The molecule has 1 N–H and O–H groups in total. The highest BCUT2D eigenvalue weighted by Gasteiger charge is 2.09. The SMILES string of the molecule is CNC(C)c1ccc(-c2cc3cccc(Cl)c3o2)cc1. The molecule has 102 valence electrons. The van der Waals surface area contributed by atoms with Crippen molar-refractivity contribution in [3.8, 4) is 11.3 Å². The quantitative estimate of drug-likeness (QED) is 0.730. The Morgan fingerprint density at radius 1 is 1.10 bits per heavy atom. The van der Waals surface area contributed by atoms with Crippen LogP contribution in [0.3, 0.4) is 0 Å². The number of halogens is 1. The molecule has 1 aromatic heterocycles. The molecule has 20 heavy (non-hydrogen) atoms. The number of fused-ring (bicyclic) bond motifs is 1. The van der Waals surface area contributed by atoms with Crippen molar-refractivity contribution in [2.24, 2.45) is 0 Å². The van der Waals surface area contributed by atoms with Gasteiger partial charge in [0.25, 0.3) is 0 Å². The van der Waals surface area contributed by atoms with Crippen LogP contribution < -0.4 is 5.32 Å². The molecule has 0 spiro atoms. The lowest BCUT2D eigenvalue weighted by Gasteiger charge is -2.10. The van der Waals surface area contributed by atoms with Gasteiger partial charge in [-0.15, -0.1) is 0 Å². The zero-order valence-corrected chi connectivity index (χ0v) is 12.2. The Morgan fingerprint density at radius 2 is 1.85 bits per heavy atom. The molecule has 3 aromatic rings. The summed E-state index contributed by atoms with van der Waals surface area (Å²) in [4.78, 5) is 0. The largest absolute Gasteiger partial charge is 0.455 e. The number of benzene rings is 2. The minimum Gasteiger partial charge on any atom is -0.455 e. The molecule has 0 saturated heterocycles. The van der Waals surface area contributed by atoms with E-state index in [1.54, 1.807) is 0 Å². The molecular formula is C17H16ClNO. The summed E-state index contributed by atoms with van der Waals surface area (Å²) in [6.45, 7) is 2.13. The molecule has 0 bridgehead atoms. The summed E-state index contributed by atoms with van der Waals surface area (Å²) in [5, 5.41) is 4.90. The van der Waals surface area contributed by atoms with E-state index in [1.165, 1.54) is 5.56 Å². The second-order valence-electron chi connectivity index (χ2n) is 4.90. The first-order chi connectivity index (χ1) is 9.69. The van der Waals surface area contributed by atoms with Crippen molar-refractivity contribution in [1.29, 1.82) is 0 Å². The third-order valence-electron chi connectivity index (χ3n) is 3.62. The van der Waals surface area contributed by atoms with E-state index in [-0.39, 0.29) is 0 Å². The van der Waals surface area contributed by atoms with Crippen LogP contribution in [0.4, 0.5) is 0 Å². The topological polar surface area (TPSA) is 25.2 Å². The number of rotatable bonds is 3. The summed E-state index contributed by atoms with van der Waals surface area (Å²) in [6.07, 6.45) is 0. The molecule has 2 nitrogen and oxygen atoms in total. The van der Waals surface area contributed by atoms with Crippen LogP contribution in [0.15, 0.2) is 52.9 Å². The monoisotopic (exact) mass is 285 g/mol. The van der Waals surface area contributed by atoms with Crippen LogP contribution in [0.1, 0.15) is 18.5 Å². The van der Waals surface area contributed by atoms with E-state index < -0.39 is 0 Å². The van der Waals surface area contributed by atoms with Crippen molar-refractivity contribution < 1.29 is 4.42 Å². The van der Waals surface area contributed by atoms with Crippen LogP contribution in [-0.4, -0.2) is 7.05 Å². The van der Waals surface area contributed by atoms with Gasteiger partial charge in [0, 0.05) is 17.0 Å². The van der Waals surface area contributed by atoms with Crippen molar-refractivity contribution in [2.45, 2.75) is 13.0 Å². The van der Waals surface area contributed by atoms with Gasteiger partial charge in [-0.1, -0.05) is 48.0 Å². The van der Waals surface area contributed by atoms with E-state index in [9.17, 15) is 0 Å². The summed E-state index contributed by atoms with van der Waals surface area (Å²) in [5.74, 6) is 0.844. The van der Waals surface area contributed by atoms with Gasteiger partial charge >= 0.3 is 0 Å². The molecule has 1 atom stereocenters. The maximum atomic E-state index is 6.14. The first-order valence-corrected chi connectivity index (χ1v) is 7.02. The second-order valence-corrected chi connectivity index (χ2v) is 5.31. The lowest BCUT2D eigenvalue weighted by Crippen LogP contribution is -2.11. The third-order valence-corrected chi connectivity index (χ3v) is 3.92. The fourth-order valence-electron chi connectivity index (χ4n) is 2.27. The smallest absolute Gasteiger partial charge is 0.153 e. The van der Waals surface area contributed by atoms with Crippen molar-refractivity contribution >= 4 is 22.6 Å². The van der Waals surface area contributed by atoms with Gasteiger partial charge in [0.15, 0.2) is 5.58 Å². The minimum absolute atomic E-state index is 0.342. The summed E-state index contributed by atoms with van der Waals surface area (Å²) >= 11 is 6.14. The van der Waals surface area contributed by atoms with Crippen LogP contribution in [-0.2, 0) is 0 Å². The molecule has 3 heteroatoms.